The predicted molar refractivity (Wildman–Crippen MR) is 173 cm³/mol. The van der Waals surface area contributed by atoms with Gasteiger partial charge in [0.25, 0.3) is 0 Å². The van der Waals surface area contributed by atoms with E-state index in [0.717, 1.165) is 18.4 Å². The maximum Gasteiger partial charge on any atom is 0.119 e. The first-order valence-electron chi connectivity index (χ1n) is 14.6. The molecule has 0 spiro atoms. The van der Waals surface area contributed by atoms with Crippen LogP contribution in [0.15, 0.2) is 73.1 Å². The highest BCUT2D eigenvalue weighted by molar-refractivity contribution is 6.36. The average molecular weight is 608 g/mol. The van der Waals surface area contributed by atoms with Crippen LogP contribution in [-0.2, 0) is 5.44 Å². The van der Waals surface area contributed by atoms with Crippen molar-refractivity contribution in [1.29, 1.82) is 15.8 Å². The Morgan fingerprint density at radius 1 is 1.07 bits per heavy atom. The summed E-state index contributed by atoms with van der Waals surface area (Å²) in [6.07, 6.45) is 6.24. The van der Waals surface area contributed by atoms with Crippen molar-refractivity contribution in [1.82, 2.24) is 20.0 Å². The lowest BCUT2D eigenvalue weighted by molar-refractivity contribution is 0.610. The zero-order valence-electron chi connectivity index (χ0n) is 24.5. The number of benzene rings is 3. The summed E-state index contributed by atoms with van der Waals surface area (Å²) in [4.78, 5) is 4.51. The van der Waals surface area contributed by atoms with Gasteiger partial charge in [0.2, 0.25) is 0 Å². The molecule has 1 fully saturated rings. The number of aromatic nitrogens is 4. The van der Waals surface area contributed by atoms with Crippen molar-refractivity contribution in [2.45, 2.75) is 50.1 Å². The van der Waals surface area contributed by atoms with Crippen molar-refractivity contribution in [2.75, 3.05) is 10.6 Å². The SMILES string of the molecule is [B]C(Nc1cc(Cl)c2ncc(C#N)c(N[C@H](CCC#N)c3ccccc3)c2c1)(c1cn(C2CC2)nn1)c1cccc(C#N)c1C. The summed E-state index contributed by atoms with van der Waals surface area (Å²) in [5.74, 6) is 0. The van der Waals surface area contributed by atoms with Crippen LogP contribution in [0.4, 0.5) is 11.4 Å². The third-order valence-corrected chi connectivity index (χ3v) is 8.45. The fourth-order valence-electron chi connectivity index (χ4n) is 5.62. The van der Waals surface area contributed by atoms with Crippen molar-refractivity contribution < 1.29 is 0 Å². The second-order valence-corrected chi connectivity index (χ2v) is 11.6. The zero-order chi connectivity index (χ0) is 31.6. The lowest BCUT2D eigenvalue weighted by Crippen LogP contribution is -2.38. The summed E-state index contributed by atoms with van der Waals surface area (Å²) < 4.78 is 1.82. The van der Waals surface area contributed by atoms with Crippen molar-refractivity contribution in [2.24, 2.45) is 0 Å². The molecule has 0 amide bonds. The molecule has 3 aromatic carbocycles. The first kappa shape index (κ1) is 29.7. The Kier molecular flexibility index (Phi) is 8.13. The van der Waals surface area contributed by atoms with Gasteiger partial charge in [-0.05, 0) is 61.1 Å². The van der Waals surface area contributed by atoms with Crippen molar-refractivity contribution >= 4 is 41.7 Å². The van der Waals surface area contributed by atoms with Gasteiger partial charge in [-0.2, -0.15) is 15.8 Å². The van der Waals surface area contributed by atoms with Crippen LogP contribution in [0.5, 0.6) is 0 Å². The van der Waals surface area contributed by atoms with Gasteiger partial charge in [-0.25, -0.2) is 4.68 Å². The summed E-state index contributed by atoms with van der Waals surface area (Å²) in [5.41, 5.74) is 3.85. The first-order valence-corrected chi connectivity index (χ1v) is 14.9. The molecule has 0 aliphatic heterocycles. The van der Waals surface area contributed by atoms with Crippen LogP contribution in [-0.4, -0.2) is 27.8 Å². The van der Waals surface area contributed by atoms with E-state index >= 15 is 0 Å². The number of nitrogens with zero attached hydrogens (tertiary/aromatic N) is 7. The van der Waals surface area contributed by atoms with Crippen molar-refractivity contribution in [3.05, 3.63) is 112 Å². The molecule has 2 radical (unpaired) electrons. The number of hydrogen-bond donors (Lipinski definition) is 2. The van der Waals surface area contributed by atoms with Gasteiger partial charge in [0.05, 0.1) is 63.2 Å². The zero-order valence-corrected chi connectivity index (χ0v) is 25.3. The molecule has 6 rings (SSSR count). The minimum atomic E-state index is -1.39. The molecule has 2 heterocycles. The normalized spacial score (nSPS) is 14.5. The molecule has 1 aliphatic carbocycles. The molecular formula is C34H27BClN9. The largest absolute Gasteiger partial charge is 0.378 e. The molecule has 2 N–H and O–H groups in total. The summed E-state index contributed by atoms with van der Waals surface area (Å²) in [6, 6.07) is 25.5. The van der Waals surface area contributed by atoms with E-state index in [1.807, 2.05) is 60.3 Å². The van der Waals surface area contributed by atoms with Gasteiger partial charge in [0.15, 0.2) is 0 Å². The summed E-state index contributed by atoms with van der Waals surface area (Å²) in [6.45, 7) is 1.85. The highest BCUT2D eigenvalue weighted by Gasteiger charge is 2.35. The second kappa shape index (κ2) is 12.3. The standard InChI is InChI=1S/C34H27BClN9/c1-21-23(17-38)9-5-10-28(21)34(35,31-20-45(44-43-31)26-12-13-26)42-25-15-27-32(24(18-39)19-40-33(27)29(36)16-25)41-30(11-6-14-37)22-7-3-2-4-8-22/h2-5,7-10,15-16,19-20,26,30,42H,6,11-13H2,1H3,(H,40,41)/t30-,34?/m1/s1. The van der Waals surface area contributed by atoms with Crippen molar-refractivity contribution in [3.63, 3.8) is 0 Å². The van der Waals surface area contributed by atoms with Crippen LogP contribution in [0.1, 0.15) is 71.3 Å². The second-order valence-electron chi connectivity index (χ2n) is 11.2. The first-order chi connectivity index (χ1) is 21.9. The molecular weight excluding hydrogens is 581 g/mol. The summed E-state index contributed by atoms with van der Waals surface area (Å²) in [7, 11) is 7.24. The van der Waals surface area contributed by atoms with Crippen LogP contribution >= 0.6 is 11.6 Å². The van der Waals surface area contributed by atoms with Gasteiger partial charge in [-0.1, -0.05) is 59.3 Å². The number of nitrogens with one attached hydrogen (secondary N) is 2. The highest BCUT2D eigenvalue weighted by Crippen LogP contribution is 2.40. The number of fused-ring (bicyclic) bond motifs is 1. The highest BCUT2D eigenvalue weighted by atomic mass is 35.5. The van der Waals surface area contributed by atoms with Gasteiger partial charge in [0.1, 0.15) is 19.6 Å². The monoisotopic (exact) mass is 607 g/mol. The minimum Gasteiger partial charge on any atom is -0.378 e. The molecule has 0 saturated heterocycles. The molecule has 9 nitrogen and oxygen atoms in total. The lowest BCUT2D eigenvalue weighted by atomic mass is 9.68. The number of halogens is 1. The smallest absolute Gasteiger partial charge is 0.119 e. The van der Waals surface area contributed by atoms with Crippen LogP contribution in [0.25, 0.3) is 10.9 Å². The van der Waals surface area contributed by atoms with Crippen LogP contribution < -0.4 is 10.6 Å². The van der Waals surface area contributed by atoms with E-state index in [1.165, 1.54) is 6.20 Å². The third kappa shape index (κ3) is 5.79. The maximum atomic E-state index is 10.1. The van der Waals surface area contributed by atoms with Crippen LogP contribution in [0, 0.1) is 40.9 Å². The molecule has 45 heavy (non-hydrogen) atoms. The quantitative estimate of drug-likeness (QED) is 0.165. The topological polar surface area (TPSA) is 139 Å². The van der Waals surface area contributed by atoms with Gasteiger partial charge >= 0.3 is 0 Å². The molecule has 218 valence electrons. The Hall–Kier alpha value is -5.37. The van der Waals surface area contributed by atoms with E-state index in [9.17, 15) is 15.8 Å². The minimum absolute atomic E-state index is 0.249. The molecule has 0 bridgehead atoms. The van der Waals surface area contributed by atoms with E-state index < -0.39 is 5.44 Å². The molecule has 5 aromatic rings. The Morgan fingerprint density at radius 3 is 2.56 bits per heavy atom. The van der Waals surface area contributed by atoms with Crippen LogP contribution in [0.2, 0.25) is 5.02 Å². The number of pyridine rings is 1. The predicted octanol–water partition coefficient (Wildman–Crippen LogP) is 6.81. The number of hydrogen-bond acceptors (Lipinski definition) is 8. The van der Waals surface area contributed by atoms with E-state index in [-0.39, 0.29) is 6.04 Å². The molecule has 1 saturated carbocycles. The number of rotatable bonds is 10. The third-order valence-electron chi connectivity index (χ3n) is 8.17. The molecule has 2 aromatic heterocycles. The number of anilines is 2. The van der Waals surface area contributed by atoms with Gasteiger partial charge in [-0.15, -0.1) is 5.10 Å². The Bertz CT molecular complexity index is 2020. The van der Waals surface area contributed by atoms with Crippen molar-refractivity contribution in [3.8, 4) is 18.2 Å². The van der Waals surface area contributed by atoms with Gasteiger partial charge in [0, 0.05) is 23.7 Å². The maximum absolute atomic E-state index is 10.1. The summed E-state index contributed by atoms with van der Waals surface area (Å²) in [5, 5.41) is 46.0. The van der Waals surface area contributed by atoms with E-state index in [0.29, 0.717) is 74.1 Å². The lowest BCUT2D eigenvalue weighted by Gasteiger charge is -2.33. The Labute approximate surface area is 267 Å². The van der Waals surface area contributed by atoms with E-state index in [1.54, 1.807) is 18.2 Å². The van der Waals surface area contributed by atoms with E-state index in [2.05, 4.69) is 44.1 Å². The molecule has 1 aliphatic rings. The molecule has 11 heteroatoms. The van der Waals surface area contributed by atoms with Crippen LogP contribution in [0.3, 0.4) is 0 Å². The molecule has 2 atom stereocenters. The average Bonchev–Trinajstić information content (AvgIpc) is 3.78. The number of nitriles is 3. The Balaban J connectivity index is 1.49. The summed E-state index contributed by atoms with van der Waals surface area (Å²) >= 11 is 6.85. The van der Waals surface area contributed by atoms with Gasteiger partial charge in [-0.3, -0.25) is 4.98 Å². The van der Waals surface area contributed by atoms with Gasteiger partial charge < -0.3 is 10.6 Å². The fourth-order valence-corrected chi connectivity index (χ4v) is 5.89. The fraction of sp³-hybridized carbons (Fsp3) is 0.235. The Morgan fingerprint density at radius 2 is 1.84 bits per heavy atom. The van der Waals surface area contributed by atoms with E-state index in [4.69, 9.17) is 19.4 Å². The molecule has 1 unspecified atom stereocenters.